The number of carbonyl (C=O) groups is 1. The van der Waals surface area contributed by atoms with Crippen LogP contribution < -0.4 is 10.1 Å². The molecule has 1 aromatic carbocycles. The van der Waals surface area contributed by atoms with Crippen molar-refractivity contribution in [1.82, 2.24) is 9.62 Å². The van der Waals surface area contributed by atoms with Crippen LogP contribution in [0.2, 0.25) is 0 Å². The summed E-state index contributed by atoms with van der Waals surface area (Å²) in [6.07, 6.45) is 0.954. The summed E-state index contributed by atoms with van der Waals surface area (Å²) < 4.78 is 32.4. The van der Waals surface area contributed by atoms with Crippen molar-refractivity contribution in [3.05, 3.63) is 50.2 Å². The zero-order chi connectivity index (χ0) is 21.2. The number of sulfonamides is 1. The number of amides is 1. The fraction of sp³-hybridized carbons (Fsp3) is 0.389. The summed E-state index contributed by atoms with van der Waals surface area (Å²) in [5, 5.41) is 13.9. The molecule has 29 heavy (non-hydrogen) atoms. The van der Waals surface area contributed by atoms with Gasteiger partial charge >= 0.3 is 0 Å². The molecule has 2 aromatic rings. The first-order valence-corrected chi connectivity index (χ1v) is 11.2. The van der Waals surface area contributed by atoms with Gasteiger partial charge in [-0.25, -0.2) is 8.42 Å². The van der Waals surface area contributed by atoms with Gasteiger partial charge in [0, 0.05) is 30.1 Å². The number of aryl methyl sites for hydroxylation is 1. The molecule has 156 valence electrons. The van der Waals surface area contributed by atoms with Crippen LogP contribution in [0.25, 0.3) is 0 Å². The quantitative estimate of drug-likeness (QED) is 0.546. The molecule has 9 nitrogen and oxygen atoms in total. The minimum Gasteiger partial charge on any atom is -0.495 e. The van der Waals surface area contributed by atoms with Crippen LogP contribution in [-0.2, 0) is 10.0 Å². The van der Waals surface area contributed by atoms with Gasteiger partial charge in [-0.2, -0.15) is 4.31 Å². The number of hydrogen-bond donors (Lipinski definition) is 1. The third-order valence-electron chi connectivity index (χ3n) is 4.73. The first-order chi connectivity index (χ1) is 13.7. The third-order valence-corrected chi connectivity index (χ3v) is 7.67. The molecule has 1 aliphatic heterocycles. The molecule has 0 aliphatic carbocycles. The Balaban J connectivity index is 1.68. The predicted molar refractivity (Wildman–Crippen MR) is 108 cm³/mol. The monoisotopic (exact) mass is 439 g/mol. The van der Waals surface area contributed by atoms with Gasteiger partial charge in [-0.15, -0.1) is 11.3 Å². The summed E-state index contributed by atoms with van der Waals surface area (Å²) in [5.41, 5.74) is -0.244. The molecule has 0 saturated carbocycles. The van der Waals surface area contributed by atoms with Crippen molar-refractivity contribution in [2.24, 2.45) is 0 Å². The lowest BCUT2D eigenvalue weighted by atomic mass is 10.1. The molecule has 11 heteroatoms. The Labute approximate surface area is 172 Å². The van der Waals surface area contributed by atoms with Crippen molar-refractivity contribution >= 4 is 33.0 Å². The number of non-ortho nitro benzene ring substituents is 1. The lowest BCUT2D eigenvalue weighted by Crippen LogP contribution is -2.46. The summed E-state index contributed by atoms with van der Waals surface area (Å²) >= 11 is 1.41. The molecule has 0 unspecified atom stereocenters. The summed E-state index contributed by atoms with van der Waals surface area (Å²) in [6, 6.07) is 6.98. The van der Waals surface area contributed by atoms with E-state index in [1.807, 2.05) is 13.0 Å². The van der Waals surface area contributed by atoms with Crippen LogP contribution in [0, 0.1) is 17.0 Å². The molecule has 1 fully saturated rings. The Morgan fingerprint density at radius 3 is 2.52 bits per heavy atom. The van der Waals surface area contributed by atoms with Gasteiger partial charge in [0.15, 0.2) is 0 Å². The maximum absolute atomic E-state index is 13.0. The van der Waals surface area contributed by atoms with Gasteiger partial charge in [0.25, 0.3) is 11.6 Å². The molecule has 0 atom stereocenters. The van der Waals surface area contributed by atoms with E-state index in [1.54, 1.807) is 6.07 Å². The number of piperidine rings is 1. The number of methoxy groups -OCH3 is 1. The van der Waals surface area contributed by atoms with Crippen molar-refractivity contribution in [2.45, 2.75) is 30.7 Å². The molecular formula is C18H21N3O6S2. The van der Waals surface area contributed by atoms with E-state index in [1.165, 1.54) is 28.8 Å². The van der Waals surface area contributed by atoms with Gasteiger partial charge in [0.2, 0.25) is 10.0 Å². The molecule has 1 N–H and O–H groups in total. The first-order valence-electron chi connectivity index (χ1n) is 8.92. The zero-order valence-corrected chi connectivity index (χ0v) is 17.6. The highest BCUT2D eigenvalue weighted by atomic mass is 32.2. The average Bonchev–Trinajstić information content (AvgIpc) is 3.14. The summed E-state index contributed by atoms with van der Waals surface area (Å²) in [7, 11) is -2.60. The van der Waals surface area contributed by atoms with Crippen molar-refractivity contribution in [3.8, 4) is 5.75 Å². The molecular weight excluding hydrogens is 418 g/mol. The molecule has 1 aromatic heterocycles. The molecule has 1 amide bonds. The van der Waals surface area contributed by atoms with Gasteiger partial charge in [-0.1, -0.05) is 0 Å². The van der Waals surface area contributed by atoms with Gasteiger partial charge in [0.05, 0.1) is 23.0 Å². The van der Waals surface area contributed by atoms with Crippen LogP contribution in [-0.4, -0.2) is 49.8 Å². The molecule has 0 radical (unpaired) electrons. The average molecular weight is 440 g/mol. The van der Waals surface area contributed by atoms with Crippen LogP contribution in [0.5, 0.6) is 5.75 Å². The second kappa shape index (κ2) is 8.47. The number of nitrogens with zero attached hydrogens (tertiary/aromatic N) is 2. The molecule has 1 aliphatic rings. The number of hydrogen-bond acceptors (Lipinski definition) is 7. The number of nitrogens with one attached hydrogen (secondary N) is 1. The van der Waals surface area contributed by atoms with Crippen LogP contribution >= 0.6 is 11.3 Å². The lowest BCUT2D eigenvalue weighted by molar-refractivity contribution is -0.385. The number of thiophene rings is 1. The van der Waals surface area contributed by atoms with Crippen molar-refractivity contribution < 1.29 is 22.9 Å². The van der Waals surface area contributed by atoms with E-state index < -0.39 is 14.9 Å². The fourth-order valence-corrected chi connectivity index (χ4v) is 5.55. The molecule has 0 spiro atoms. The SMILES string of the molecule is COc1cc([N+](=O)[O-])ccc1S(=O)(=O)N1CCC(NC(=O)c2ccc(C)s2)CC1. The van der Waals surface area contributed by atoms with E-state index in [0.717, 1.165) is 17.0 Å². The molecule has 0 bridgehead atoms. The standard InChI is InChI=1S/C18H21N3O6S2/c1-12-3-5-16(28-12)18(22)19-13-7-9-20(10-8-13)29(25,26)17-6-4-14(21(23)24)11-15(17)27-2/h3-6,11,13H,7-10H2,1-2H3,(H,19,22). The van der Waals surface area contributed by atoms with Crippen molar-refractivity contribution in [1.29, 1.82) is 0 Å². The van der Waals surface area contributed by atoms with E-state index in [0.29, 0.717) is 17.7 Å². The van der Waals surface area contributed by atoms with Crippen molar-refractivity contribution in [2.75, 3.05) is 20.2 Å². The van der Waals surface area contributed by atoms with Crippen molar-refractivity contribution in [3.63, 3.8) is 0 Å². The van der Waals surface area contributed by atoms with E-state index in [-0.39, 0.29) is 41.4 Å². The second-order valence-electron chi connectivity index (χ2n) is 6.65. The molecule has 3 rings (SSSR count). The van der Waals surface area contributed by atoms with Gasteiger partial charge in [0.1, 0.15) is 10.6 Å². The van der Waals surface area contributed by atoms with Crippen LogP contribution in [0.1, 0.15) is 27.4 Å². The normalized spacial score (nSPS) is 15.8. The van der Waals surface area contributed by atoms with Crippen LogP contribution in [0.15, 0.2) is 35.2 Å². The fourth-order valence-electron chi connectivity index (χ4n) is 3.18. The number of rotatable bonds is 6. The Morgan fingerprint density at radius 2 is 1.97 bits per heavy atom. The Morgan fingerprint density at radius 1 is 1.28 bits per heavy atom. The largest absolute Gasteiger partial charge is 0.495 e. The maximum atomic E-state index is 13.0. The summed E-state index contributed by atoms with van der Waals surface area (Å²) in [4.78, 5) is 24.2. The Hall–Kier alpha value is -2.50. The lowest BCUT2D eigenvalue weighted by Gasteiger charge is -2.31. The van der Waals surface area contributed by atoms with E-state index in [2.05, 4.69) is 5.32 Å². The Kier molecular flexibility index (Phi) is 6.20. The zero-order valence-electron chi connectivity index (χ0n) is 16.0. The van der Waals surface area contributed by atoms with Gasteiger partial charge in [-0.3, -0.25) is 14.9 Å². The third kappa shape index (κ3) is 4.57. The smallest absolute Gasteiger partial charge is 0.273 e. The first kappa shape index (κ1) is 21.2. The number of ether oxygens (including phenoxy) is 1. The minimum absolute atomic E-state index is 0.0670. The second-order valence-corrected chi connectivity index (χ2v) is 9.85. The highest BCUT2D eigenvalue weighted by Crippen LogP contribution is 2.31. The summed E-state index contributed by atoms with van der Waals surface area (Å²) in [5.74, 6) is -0.218. The Bertz CT molecular complexity index is 1030. The van der Waals surface area contributed by atoms with Gasteiger partial charge < -0.3 is 10.1 Å². The molecule has 2 heterocycles. The van der Waals surface area contributed by atoms with Gasteiger partial charge in [-0.05, 0) is 38.0 Å². The summed E-state index contributed by atoms with van der Waals surface area (Å²) in [6.45, 7) is 2.39. The molecule has 1 saturated heterocycles. The maximum Gasteiger partial charge on any atom is 0.273 e. The number of carbonyl (C=O) groups excluding carboxylic acids is 1. The van der Waals surface area contributed by atoms with E-state index in [9.17, 15) is 23.3 Å². The highest BCUT2D eigenvalue weighted by molar-refractivity contribution is 7.89. The number of benzene rings is 1. The van der Waals surface area contributed by atoms with E-state index >= 15 is 0 Å². The minimum atomic E-state index is -3.87. The van der Waals surface area contributed by atoms with Crippen LogP contribution in [0.3, 0.4) is 0 Å². The van der Waals surface area contributed by atoms with E-state index in [4.69, 9.17) is 4.74 Å². The predicted octanol–water partition coefficient (Wildman–Crippen LogP) is 2.56. The number of nitro benzene ring substituents is 1. The topological polar surface area (TPSA) is 119 Å². The highest BCUT2D eigenvalue weighted by Gasteiger charge is 2.32. The van der Waals surface area contributed by atoms with Crippen LogP contribution in [0.4, 0.5) is 5.69 Å². The number of nitro groups is 1.